The van der Waals surface area contributed by atoms with Gasteiger partial charge >= 0.3 is 5.97 Å². The van der Waals surface area contributed by atoms with Crippen molar-refractivity contribution in [2.75, 3.05) is 24.4 Å². The lowest BCUT2D eigenvalue weighted by Crippen LogP contribution is -2.30. The number of halogens is 2. The van der Waals surface area contributed by atoms with E-state index in [0.717, 1.165) is 5.56 Å². The molecular weight excluding hydrogens is 587 g/mol. The minimum absolute atomic E-state index is 0.187. The van der Waals surface area contributed by atoms with Crippen molar-refractivity contribution in [2.45, 2.75) is 20.0 Å². The van der Waals surface area contributed by atoms with Crippen molar-refractivity contribution in [3.63, 3.8) is 0 Å². The summed E-state index contributed by atoms with van der Waals surface area (Å²) in [6.45, 7) is 3.50. The van der Waals surface area contributed by atoms with Crippen molar-refractivity contribution in [3.05, 3.63) is 93.3 Å². The lowest BCUT2D eigenvalue weighted by molar-refractivity contribution is -0.122. The summed E-state index contributed by atoms with van der Waals surface area (Å²) in [4.78, 5) is 38.6. The van der Waals surface area contributed by atoms with Crippen molar-refractivity contribution in [2.24, 2.45) is 0 Å². The van der Waals surface area contributed by atoms with Gasteiger partial charge in [0.15, 0.2) is 6.10 Å². The van der Waals surface area contributed by atoms with Crippen molar-refractivity contribution in [1.82, 2.24) is 0 Å². The Balaban J connectivity index is 1.45. The molecule has 2 amide bonds. The Hall–Kier alpha value is -4.05. The minimum atomic E-state index is -0.858. The van der Waals surface area contributed by atoms with E-state index in [2.05, 4.69) is 10.6 Å². The molecule has 0 spiro atoms. The SMILES string of the molecule is CCOC(=O)c1c(-c2ccc(Cl)cc2)csc1NC(=O)c1ccc(O[C@H](C)C(=O)Nc2cc(Cl)ccc2OC)cc1. The molecule has 0 fully saturated rings. The summed E-state index contributed by atoms with van der Waals surface area (Å²) >= 11 is 13.3. The summed E-state index contributed by atoms with van der Waals surface area (Å²) in [5, 5.41) is 8.71. The van der Waals surface area contributed by atoms with Crippen LogP contribution >= 0.6 is 34.5 Å². The van der Waals surface area contributed by atoms with Gasteiger partial charge in [-0.05, 0) is 74.0 Å². The van der Waals surface area contributed by atoms with Crippen LogP contribution < -0.4 is 20.1 Å². The topological polar surface area (TPSA) is 103 Å². The van der Waals surface area contributed by atoms with E-state index >= 15 is 0 Å². The molecule has 0 unspecified atom stereocenters. The number of hydrogen-bond donors (Lipinski definition) is 2. The molecule has 0 aliphatic heterocycles. The van der Waals surface area contributed by atoms with Crippen molar-refractivity contribution >= 4 is 63.0 Å². The zero-order valence-corrected chi connectivity index (χ0v) is 24.7. The molecule has 3 aromatic carbocycles. The van der Waals surface area contributed by atoms with Gasteiger partial charge in [0, 0.05) is 26.6 Å². The third-order valence-electron chi connectivity index (χ3n) is 5.87. The molecule has 41 heavy (non-hydrogen) atoms. The monoisotopic (exact) mass is 612 g/mol. The molecule has 212 valence electrons. The Morgan fingerprint density at radius 1 is 0.927 bits per heavy atom. The lowest BCUT2D eigenvalue weighted by atomic mass is 10.0. The van der Waals surface area contributed by atoms with Crippen LogP contribution in [-0.2, 0) is 9.53 Å². The quantitative estimate of drug-likeness (QED) is 0.179. The largest absolute Gasteiger partial charge is 0.495 e. The van der Waals surface area contributed by atoms with Gasteiger partial charge in [0.2, 0.25) is 0 Å². The highest BCUT2D eigenvalue weighted by molar-refractivity contribution is 7.15. The molecule has 0 saturated carbocycles. The molecule has 4 rings (SSSR count). The van der Waals surface area contributed by atoms with Gasteiger partial charge in [-0.1, -0.05) is 35.3 Å². The molecule has 1 aromatic heterocycles. The average Bonchev–Trinajstić information content (AvgIpc) is 3.37. The summed E-state index contributed by atoms with van der Waals surface area (Å²) in [7, 11) is 1.49. The van der Waals surface area contributed by atoms with Gasteiger partial charge in [0.25, 0.3) is 11.8 Å². The Morgan fingerprint density at radius 2 is 1.61 bits per heavy atom. The van der Waals surface area contributed by atoms with Gasteiger partial charge in [-0.2, -0.15) is 0 Å². The van der Waals surface area contributed by atoms with Crippen LogP contribution in [0.4, 0.5) is 10.7 Å². The maximum absolute atomic E-state index is 13.1. The number of amides is 2. The summed E-state index contributed by atoms with van der Waals surface area (Å²) < 4.78 is 16.3. The Kier molecular flexibility index (Phi) is 9.88. The van der Waals surface area contributed by atoms with Crippen LogP contribution in [0.15, 0.2) is 72.1 Å². The highest BCUT2D eigenvalue weighted by atomic mass is 35.5. The number of anilines is 2. The van der Waals surface area contributed by atoms with E-state index in [4.69, 9.17) is 37.4 Å². The molecular formula is C30H26Cl2N2O6S. The molecule has 0 saturated heterocycles. The Labute approximate surface area is 251 Å². The number of benzene rings is 3. The van der Waals surface area contributed by atoms with Gasteiger partial charge in [-0.3, -0.25) is 9.59 Å². The first-order valence-electron chi connectivity index (χ1n) is 12.5. The number of nitrogens with one attached hydrogen (secondary N) is 2. The first-order valence-corrected chi connectivity index (χ1v) is 14.1. The normalized spacial score (nSPS) is 11.3. The smallest absolute Gasteiger partial charge is 0.341 e. The molecule has 0 aliphatic carbocycles. The summed E-state index contributed by atoms with van der Waals surface area (Å²) in [6, 6.07) is 18.2. The summed E-state index contributed by atoms with van der Waals surface area (Å²) in [5.41, 5.74) is 2.41. The Morgan fingerprint density at radius 3 is 2.27 bits per heavy atom. The molecule has 2 N–H and O–H groups in total. The van der Waals surface area contributed by atoms with Crippen LogP contribution in [0.25, 0.3) is 11.1 Å². The fourth-order valence-corrected chi connectivity index (χ4v) is 5.08. The predicted octanol–water partition coefficient (Wildman–Crippen LogP) is 7.57. The van der Waals surface area contributed by atoms with Crippen molar-refractivity contribution in [3.8, 4) is 22.6 Å². The van der Waals surface area contributed by atoms with E-state index in [-0.39, 0.29) is 12.2 Å². The maximum atomic E-state index is 13.1. The third-order valence-corrected chi connectivity index (χ3v) is 7.25. The average molecular weight is 614 g/mol. The molecule has 8 nitrogen and oxygen atoms in total. The van der Waals surface area contributed by atoms with Crippen LogP contribution in [0.3, 0.4) is 0 Å². The van der Waals surface area contributed by atoms with Crippen molar-refractivity contribution < 1.29 is 28.6 Å². The van der Waals surface area contributed by atoms with Gasteiger partial charge in [0.05, 0.1) is 19.4 Å². The number of carbonyl (C=O) groups is 3. The molecule has 0 bridgehead atoms. The zero-order valence-electron chi connectivity index (χ0n) is 22.3. The fraction of sp³-hybridized carbons (Fsp3) is 0.167. The zero-order chi connectivity index (χ0) is 29.5. The van der Waals surface area contributed by atoms with E-state index in [1.54, 1.807) is 86.0 Å². The number of ether oxygens (including phenoxy) is 3. The lowest BCUT2D eigenvalue weighted by Gasteiger charge is -2.16. The maximum Gasteiger partial charge on any atom is 0.341 e. The van der Waals surface area contributed by atoms with Gasteiger partial charge in [0.1, 0.15) is 22.1 Å². The number of methoxy groups -OCH3 is 1. The van der Waals surface area contributed by atoms with Crippen LogP contribution in [-0.4, -0.2) is 37.6 Å². The second-order valence-electron chi connectivity index (χ2n) is 8.65. The first-order chi connectivity index (χ1) is 19.7. The van der Waals surface area contributed by atoms with Crippen LogP contribution in [0.2, 0.25) is 10.0 Å². The van der Waals surface area contributed by atoms with Gasteiger partial charge in [-0.25, -0.2) is 4.79 Å². The van der Waals surface area contributed by atoms with E-state index in [0.29, 0.717) is 43.4 Å². The summed E-state index contributed by atoms with van der Waals surface area (Å²) in [5.74, 6) is -0.531. The number of thiophene rings is 1. The van der Waals surface area contributed by atoms with E-state index in [1.165, 1.54) is 18.4 Å². The van der Waals surface area contributed by atoms with Gasteiger partial charge < -0.3 is 24.8 Å². The number of rotatable bonds is 10. The fourth-order valence-electron chi connectivity index (χ4n) is 3.83. The highest BCUT2D eigenvalue weighted by Gasteiger charge is 2.23. The van der Waals surface area contributed by atoms with E-state index in [1.807, 2.05) is 0 Å². The second-order valence-corrected chi connectivity index (χ2v) is 10.4. The molecule has 0 radical (unpaired) electrons. The van der Waals surface area contributed by atoms with Gasteiger partial charge in [-0.15, -0.1) is 11.3 Å². The molecule has 4 aromatic rings. The molecule has 1 atom stereocenters. The predicted molar refractivity (Wildman–Crippen MR) is 162 cm³/mol. The summed E-state index contributed by atoms with van der Waals surface area (Å²) in [6.07, 6.45) is -0.858. The first kappa shape index (κ1) is 29.9. The van der Waals surface area contributed by atoms with Crippen molar-refractivity contribution in [1.29, 1.82) is 0 Å². The minimum Gasteiger partial charge on any atom is -0.495 e. The molecule has 1 heterocycles. The number of esters is 1. The number of carbonyl (C=O) groups excluding carboxylic acids is 3. The standard InChI is InChI=1S/C30H26Cl2N2O6S/c1-4-39-30(37)26-23(18-5-9-20(31)10-6-18)16-41-29(26)34-28(36)19-7-12-22(13-8-19)40-17(2)27(35)33-24-15-21(32)11-14-25(24)38-3/h5-17H,4H2,1-3H3,(H,33,35)(H,34,36)/t17-/m1/s1. The molecule has 11 heteroatoms. The van der Waals surface area contributed by atoms with E-state index < -0.39 is 23.9 Å². The Bertz CT molecular complexity index is 1550. The van der Waals surface area contributed by atoms with Crippen LogP contribution in [0, 0.1) is 0 Å². The second kappa shape index (κ2) is 13.5. The van der Waals surface area contributed by atoms with Crippen LogP contribution in [0.1, 0.15) is 34.6 Å². The number of hydrogen-bond acceptors (Lipinski definition) is 7. The van der Waals surface area contributed by atoms with E-state index in [9.17, 15) is 14.4 Å². The molecule has 0 aliphatic rings. The van der Waals surface area contributed by atoms with Crippen LogP contribution in [0.5, 0.6) is 11.5 Å². The third kappa shape index (κ3) is 7.38. The highest BCUT2D eigenvalue weighted by Crippen LogP contribution is 2.37.